The zero-order valence-corrected chi connectivity index (χ0v) is 11.5. The van der Waals surface area contributed by atoms with Crippen molar-refractivity contribution in [2.24, 2.45) is 0 Å². The van der Waals surface area contributed by atoms with Crippen molar-refractivity contribution < 1.29 is 14.6 Å². The van der Waals surface area contributed by atoms with Crippen LogP contribution < -0.4 is 0 Å². The van der Waals surface area contributed by atoms with Gasteiger partial charge in [-0.25, -0.2) is 9.78 Å². The standard InChI is InChI=1S/C16H14N2O3/c1-21-16(20)13-8-14(15-17-6-7-18(15)9-13)12-4-2-11(10-19)3-5-12/h2-9,19H,10H2,1H3. The molecule has 0 aliphatic rings. The predicted molar refractivity (Wildman–Crippen MR) is 77.9 cm³/mol. The van der Waals surface area contributed by atoms with Gasteiger partial charge in [-0.3, -0.25) is 0 Å². The highest BCUT2D eigenvalue weighted by Gasteiger charge is 2.12. The topological polar surface area (TPSA) is 63.8 Å². The van der Waals surface area contributed by atoms with Crippen molar-refractivity contribution in [2.45, 2.75) is 6.61 Å². The van der Waals surface area contributed by atoms with Gasteiger partial charge in [-0.15, -0.1) is 0 Å². The number of pyridine rings is 1. The fourth-order valence-corrected chi connectivity index (χ4v) is 2.26. The van der Waals surface area contributed by atoms with E-state index in [2.05, 4.69) is 4.98 Å². The lowest BCUT2D eigenvalue weighted by molar-refractivity contribution is 0.0600. The number of carbonyl (C=O) groups is 1. The van der Waals surface area contributed by atoms with E-state index in [9.17, 15) is 4.79 Å². The van der Waals surface area contributed by atoms with Gasteiger partial charge in [0.05, 0.1) is 19.3 Å². The van der Waals surface area contributed by atoms with Crippen molar-refractivity contribution in [3.05, 3.63) is 60.0 Å². The number of benzene rings is 1. The Bertz CT molecular complexity index is 791. The zero-order valence-electron chi connectivity index (χ0n) is 11.5. The van der Waals surface area contributed by atoms with Crippen LogP contribution in [-0.4, -0.2) is 27.6 Å². The van der Waals surface area contributed by atoms with E-state index in [1.165, 1.54) is 7.11 Å². The number of nitrogens with zero attached hydrogens (tertiary/aromatic N) is 2. The molecule has 1 N–H and O–H groups in total. The smallest absolute Gasteiger partial charge is 0.339 e. The van der Waals surface area contributed by atoms with Crippen LogP contribution >= 0.6 is 0 Å². The summed E-state index contributed by atoms with van der Waals surface area (Å²) in [7, 11) is 1.36. The Labute approximate surface area is 121 Å². The molecule has 0 saturated carbocycles. The summed E-state index contributed by atoms with van der Waals surface area (Å²) in [5, 5.41) is 9.11. The second-order valence-corrected chi connectivity index (χ2v) is 4.65. The average Bonchev–Trinajstić information content (AvgIpc) is 3.01. The largest absolute Gasteiger partial charge is 0.465 e. The molecule has 5 heteroatoms. The van der Waals surface area contributed by atoms with Crippen LogP contribution in [0.3, 0.4) is 0 Å². The molecule has 0 aliphatic carbocycles. The minimum Gasteiger partial charge on any atom is -0.465 e. The minimum absolute atomic E-state index is 0.00126. The van der Waals surface area contributed by atoms with Gasteiger partial charge < -0.3 is 14.2 Å². The highest BCUT2D eigenvalue weighted by atomic mass is 16.5. The Morgan fingerprint density at radius 3 is 2.76 bits per heavy atom. The maximum Gasteiger partial charge on any atom is 0.339 e. The molecule has 0 aliphatic heterocycles. The summed E-state index contributed by atoms with van der Waals surface area (Å²) in [5.74, 6) is -0.390. The summed E-state index contributed by atoms with van der Waals surface area (Å²) in [4.78, 5) is 16.1. The lowest BCUT2D eigenvalue weighted by Gasteiger charge is -2.08. The molecular weight excluding hydrogens is 268 g/mol. The van der Waals surface area contributed by atoms with Gasteiger partial charge in [0.25, 0.3) is 0 Å². The molecule has 1 aromatic carbocycles. The van der Waals surface area contributed by atoms with Crippen LogP contribution in [0.2, 0.25) is 0 Å². The zero-order chi connectivity index (χ0) is 14.8. The Morgan fingerprint density at radius 2 is 2.10 bits per heavy atom. The number of methoxy groups -OCH3 is 1. The van der Waals surface area contributed by atoms with Gasteiger partial charge in [0.2, 0.25) is 0 Å². The van der Waals surface area contributed by atoms with Crippen molar-refractivity contribution in [3.8, 4) is 11.1 Å². The molecule has 2 aromatic heterocycles. The van der Waals surface area contributed by atoms with Gasteiger partial charge in [0, 0.05) is 24.2 Å². The molecule has 106 valence electrons. The van der Waals surface area contributed by atoms with Gasteiger partial charge in [0.15, 0.2) is 0 Å². The van der Waals surface area contributed by atoms with Crippen molar-refractivity contribution in [3.63, 3.8) is 0 Å². The maximum absolute atomic E-state index is 11.8. The molecule has 21 heavy (non-hydrogen) atoms. The van der Waals surface area contributed by atoms with Crippen LogP contribution in [0.15, 0.2) is 48.9 Å². The molecule has 0 saturated heterocycles. The predicted octanol–water partition coefficient (Wildman–Crippen LogP) is 2.28. The van der Waals surface area contributed by atoms with Crippen LogP contribution in [0.1, 0.15) is 15.9 Å². The van der Waals surface area contributed by atoms with Gasteiger partial charge in [0.1, 0.15) is 5.65 Å². The van der Waals surface area contributed by atoms with E-state index in [-0.39, 0.29) is 12.6 Å². The third kappa shape index (κ3) is 2.39. The summed E-state index contributed by atoms with van der Waals surface area (Å²) in [6, 6.07) is 9.26. The van der Waals surface area contributed by atoms with E-state index in [0.717, 1.165) is 22.3 Å². The lowest BCUT2D eigenvalue weighted by atomic mass is 10.0. The monoisotopic (exact) mass is 282 g/mol. The highest BCUT2D eigenvalue weighted by molar-refractivity contribution is 5.92. The average molecular weight is 282 g/mol. The summed E-state index contributed by atoms with van der Waals surface area (Å²) in [6.45, 7) is 0.00126. The van der Waals surface area contributed by atoms with E-state index in [0.29, 0.717) is 5.56 Å². The first kappa shape index (κ1) is 13.3. The Hall–Kier alpha value is -2.66. The summed E-state index contributed by atoms with van der Waals surface area (Å²) in [5.41, 5.74) is 3.83. The van der Waals surface area contributed by atoms with E-state index in [1.54, 1.807) is 29.1 Å². The number of esters is 1. The normalized spacial score (nSPS) is 10.8. The van der Waals surface area contributed by atoms with Gasteiger partial charge in [-0.05, 0) is 17.2 Å². The number of carbonyl (C=O) groups excluding carboxylic acids is 1. The second-order valence-electron chi connectivity index (χ2n) is 4.65. The van der Waals surface area contributed by atoms with Gasteiger partial charge in [-0.2, -0.15) is 0 Å². The number of rotatable bonds is 3. The van der Waals surface area contributed by atoms with Crippen LogP contribution in [-0.2, 0) is 11.3 Å². The number of aromatic nitrogens is 2. The number of aliphatic hydroxyl groups excluding tert-OH is 1. The molecule has 0 radical (unpaired) electrons. The molecular formula is C16H14N2O3. The number of ether oxygens (including phenoxy) is 1. The van der Waals surface area contributed by atoms with Crippen LogP contribution in [0.25, 0.3) is 16.8 Å². The van der Waals surface area contributed by atoms with E-state index in [4.69, 9.17) is 9.84 Å². The quantitative estimate of drug-likeness (QED) is 0.749. The number of hydrogen-bond acceptors (Lipinski definition) is 4. The Balaban J connectivity index is 2.19. The summed E-state index contributed by atoms with van der Waals surface area (Å²) < 4.78 is 6.58. The first-order valence-corrected chi connectivity index (χ1v) is 6.48. The summed E-state index contributed by atoms with van der Waals surface area (Å²) >= 11 is 0. The molecule has 5 nitrogen and oxygen atoms in total. The van der Waals surface area contributed by atoms with Crippen LogP contribution in [0.4, 0.5) is 0 Å². The fraction of sp³-hybridized carbons (Fsp3) is 0.125. The third-order valence-corrected chi connectivity index (χ3v) is 3.36. The molecule has 0 atom stereocenters. The van der Waals surface area contributed by atoms with E-state index >= 15 is 0 Å². The summed E-state index contributed by atoms with van der Waals surface area (Å²) in [6.07, 6.45) is 5.16. The van der Waals surface area contributed by atoms with Crippen LogP contribution in [0.5, 0.6) is 0 Å². The number of fused-ring (bicyclic) bond motifs is 1. The molecule has 0 unspecified atom stereocenters. The van der Waals surface area contributed by atoms with Crippen molar-refractivity contribution in [1.29, 1.82) is 0 Å². The molecule has 0 fully saturated rings. The molecule has 0 bridgehead atoms. The van der Waals surface area contributed by atoms with Crippen molar-refractivity contribution in [2.75, 3.05) is 7.11 Å². The SMILES string of the molecule is COC(=O)c1cc(-c2ccc(CO)cc2)c2nccn2c1. The molecule has 3 rings (SSSR count). The van der Waals surface area contributed by atoms with E-state index < -0.39 is 0 Å². The second kappa shape index (κ2) is 5.38. The number of hydrogen-bond donors (Lipinski definition) is 1. The first-order valence-electron chi connectivity index (χ1n) is 6.48. The molecule has 3 aromatic rings. The third-order valence-electron chi connectivity index (χ3n) is 3.36. The Kier molecular flexibility index (Phi) is 3.41. The van der Waals surface area contributed by atoms with E-state index in [1.807, 2.05) is 24.3 Å². The fourth-order valence-electron chi connectivity index (χ4n) is 2.26. The molecule has 0 spiro atoms. The maximum atomic E-state index is 11.8. The van der Waals surface area contributed by atoms with Crippen LogP contribution in [0, 0.1) is 0 Å². The lowest BCUT2D eigenvalue weighted by Crippen LogP contribution is -2.04. The van der Waals surface area contributed by atoms with Gasteiger partial charge in [-0.1, -0.05) is 24.3 Å². The number of aliphatic hydroxyl groups is 1. The number of imidazole rings is 1. The highest BCUT2D eigenvalue weighted by Crippen LogP contribution is 2.25. The first-order chi connectivity index (χ1) is 10.2. The minimum atomic E-state index is -0.390. The van der Waals surface area contributed by atoms with Gasteiger partial charge >= 0.3 is 5.97 Å². The molecule has 2 heterocycles. The van der Waals surface area contributed by atoms with Crippen molar-refractivity contribution in [1.82, 2.24) is 9.38 Å². The van der Waals surface area contributed by atoms with Crippen molar-refractivity contribution >= 4 is 11.6 Å². The molecule has 0 amide bonds. The Morgan fingerprint density at radius 1 is 1.33 bits per heavy atom.